The van der Waals surface area contributed by atoms with Crippen LogP contribution in [0.5, 0.6) is 0 Å². The Balaban J connectivity index is 0.000000263. The number of fused-ring (bicyclic) bond motifs is 1. The molecule has 0 saturated carbocycles. The molecule has 1 heterocycles. The molecule has 1 aliphatic rings. The van der Waals surface area contributed by atoms with Gasteiger partial charge < -0.3 is 20.5 Å². The first-order valence-electron chi connectivity index (χ1n) is 15.2. The molecule has 17 nitrogen and oxygen atoms in total. The van der Waals surface area contributed by atoms with Crippen LogP contribution in [-0.2, 0) is 22.6 Å². The molecule has 17 heteroatoms. The first-order valence-corrected chi connectivity index (χ1v) is 15.2. The number of carbonyl (C=O) groups excluding carboxylic acids is 2. The van der Waals surface area contributed by atoms with Crippen LogP contribution in [-0.4, -0.2) is 70.5 Å². The summed E-state index contributed by atoms with van der Waals surface area (Å²) in [6.07, 6.45) is -0.698. The molecule has 0 bridgehead atoms. The van der Waals surface area contributed by atoms with E-state index in [0.29, 0.717) is 49.7 Å². The number of nitro groups is 2. The van der Waals surface area contributed by atoms with Gasteiger partial charge in [-0.25, -0.2) is 14.6 Å². The van der Waals surface area contributed by atoms with Gasteiger partial charge in [0.2, 0.25) is 0 Å². The van der Waals surface area contributed by atoms with Crippen LogP contribution in [0.1, 0.15) is 31.4 Å². The normalized spacial score (nSPS) is 11.1. The van der Waals surface area contributed by atoms with Gasteiger partial charge >= 0.3 is 12.2 Å². The maximum Gasteiger partial charge on any atom is 0.410 e. The van der Waals surface area contributed by atoms with Gasteiger partial charge in [-0.15, -0.1) is 0 Å². The summed E-state index contributed by atoms with van der Waals surface area (Å²) in [6, 6.07) is 23.9. The number of hydrogen-bond acceptors (Lipinski definition) is 13. The largest absolute Gasteiger partial charge is 0.450 e. The van der Waals surface area contributed by atoms with Crippen LogP contribution in [0.4, 0.5) is 32.3 Å². The van der Waals surface area contributed by atoms with Crippen LogP contribution in [0.3, 0.4) is 0 Å². The number of benzene rings is 3. The number of nitrogens with two attached hydrogens (primary N) is 1. The van der Waals surface area contributed by atoms with Gasteiger partial charge in [-0.05, 0) is 31.5 Å². The van der Waals surface area contributed by atoms with E-state index in [4.69, 9.17) is 25.7 Å². The minimum atomic E-state index is -0.665. The number of aliphatic imine (C=N–C) groups is 1. The van der Waals surface area contributed by atoms with Gasteiger partial charge in [0.15, 0.2) is 0 Å². The highest BCUT2D eigenvalue weighted by Crippen LogP contribution is 2.24. The molecule has 3 aromatic carbocycles. The second-order valence-corrected chi connectivity index (χ2v) is 9.99. The molecule has 1 aliphatic heterocycles. The van der Waals surface area contributed by atoms with E-state index < -0.39 is 15.9 Å². The van der Waals surface area contributed by atoms with Gasteiger partial charge in [0.05, 0.1) is 66.9 Å². The van der Waals surface area contributed by atoms with Crippen molar-refractivity contribution in [3.8, 4) is 12.1 Å². The lowest BCUT2D eigenvalue weighted by Gasteiger charge is -2.19. The Kier molecular flexibility index (Phi) is 16.7. The monoisotopic (exact) mass is 687 g/mol. The Morgan fingerprint density at radius 1 is 0.920 bits per heavy atom. The number of nitro benzene ring substituents is 2. The lowest BCUT2D eigenvalue weighted by molar-refractivity contribution is -0.385. The second-order valence-electron chi connectivity index (χ2n) is 9.99. The molecular formula is C33H37N9O8. The summed E-state index contributed by atoms with van der Waals surface area (Å²) in [6.45, 7) is 4.92. The molecule has 3 aromatic rings. The molecular weight excluding hydrogens is 650 g/mol. The fourth-order valence-electron chi connectivity index (χ4n) is 4.29. The molecule has 262 valence electrons. The van der Waals surface area contributed by atoms with Gasteiger partial charge in [0, 0.05) is 24.2 Å². The SMILES string of the molecule is CCOC(=O)N(CC#N)Cc1ccccc1[N+](=O)[O-].CCOC(=O)N1CC(N)=Nc2ccccc2C1.N#CCCNc1ccccc1[N+](=O)[O-]. The van der Waals surface area contributed by atoms with Crippen molar-refractivity contribution in [2.45, 2.75) is 33.4 Å². The van der Waals surface area contributed by atoms with E-state index in [1.54, 1.807) is 55.1 Å². The Morgan fingerprint density at radius 3 is 2.18 bits per heavy atom. The van der Waals surface area contributed by atoms with Gasteiger partial charge in [-0.3, -0.25) is 30.0 Å². The Morgan fingerprint density at radius 2 is 1.54 bits per heavy atom. The van der Waals surface area contributed by atoms with Crippen molar-refractivity contribution in [3.05, 3.63) is 104 Å². The summed E-state index contributed by atoms with van der Waals surface area (Å²) in [7, 11) is 0. The number of carbonyl (C=O) groups is 2. The van der Waals surface area contributed by atoms with Crippen molar-refractivity contribution in [2.24, 2.45) is 10.7 Å². The third kappa shape index (κ3) is 12.8. The van der Waals surface area contributed by atoms with Gasteiger partial charge in [0.25, 0.3) is 11.4 Å². The molecule has 0 aliphatic carbocycles. The third-order valence-electron chi connectivity index (χ3n) is 6.49. The van der Waals surface area contributed by atoms with Crippen molar-refractivity contribution in [1.29, 1.82) is 10.5 Å². The molecule has 4 rings (SSSR count). The Hall–Kier alpha value is -6.75. The number of rotatable bonds is 10. The molecule has 3 N–H and O–H groups in total. The smallest absolute Gasteiger partial charge is 0.410 e. The second kappa shape index (κ2) is 21.2. The van der Waals surface area contributed by atoms with E-state index in [2.05, 4.69) is 10.3 Å². The zero-order valence-electron chi connectivity index (χ0n) is 27.6. The fraction of sp³-hybridized carbons (Fsp3) is 0.303. The summed E-state index contributed by atoms with van der Waals surface area (Å²) >= 11 is 0. The summed E-state index contributed by atoms with van der Waals surface area (Å²) in [5, 5.41) is 41.2. The highest BCUT2D eigenvalue weighted by molar-refractivity contribution is 5.88. The summed E-state index contributed by atoms with van der Waals surface area (Å²) < 4.78 is 9.77. The molecule has 0 fully saturated rings. The van der Waals surface area contributed by atoms with Crippen LogP contribution in [0.15, 0.2) is 77.8 Å². The molecule has 2 amide bonds. The van der Waals surface area contributed by atoms with Crippen LogP contribution in [0, 0.1) is 42.9 Å². The van der Waals surface area contributed by atoms with Gasteiger partial charge in [-0.2, -0.15) is 10.5 Å². The van der Waals surface area contributed by atoms with E-state index >= 15 is 0 Å². The minimum absolute atomic E-state index is 0.0328. The zero-order valence-corrected chi connectivity index (χ0v) is 27.6. The van der Waals surface area contributed by atoms with E-state index in [9.17, 15) is 29.8 Å². The quantitative estimate of drug-likeness (QED) is 0.114. The van der Waals surface area contributed by atoms with Crippen molar-refractivity contribution < 1.29 is 28.9 Å². The van der Waals surface area contributed by atoms with Gasteiger partial charge in [-0.1, -0.05) is 48.5 Å². The molecule has 0 saturated heterocycles. The maximum atomic E-state index is 11.7. The molecule has 0 atom stereocenters. The molecule has 50 heavy (non-hydrogen) atoms. The molecule has 0 radical (unpaired) electrons. The number of hydrogen-bond donors (Lipinski definition) is 2. The number of amides is 2. The van der Waals surface area contributed by atoms with Crippen LogP contribution < -0.4 is 11.1 Å². The first-order chi connectivity index (χ1) is 24.1. The van der Waals surface area contributed by atoms with E-state index in [-0.39, 0.29) is 37.2 Å². The molecule has 0 spiro atoms. The van der Waals surface area contributed by atoms with Crippen molar-refractivity contribution in [3.63, 3.8) is 0 Å². The first kappa shape index (κ1) is 39.4. The topological polar surface area (TPSA) is 243 Å². The van der Waals surface area contributed by atoms with E-state index in [1.165, 1.54) is 12.1 Å². The standard InChI is InChI=1S/C12H13N3O4.C12H15N3O2.C9H9N3O2/c1-2-19-12(16)14(8-7-13)9-10-5-3-4-6-11(10)15(17)18;1-2-17-12(16)15-7-9-5-3-4-6-10(9)14-11(13)8-15;10-6-3-7-11-8-4-1-2-5-9(8)12(13)14/h3-6H,2,8-9H2,1H3;3-6H,2,7-8H2,1H3,(H2,13,14);1-2,4-5,11H,3,7H2. The highest BCUT2D eigenvalue weighted by atomic mass is 16.6. The summed E-state index contributed by atoms with van der Waals surface area (Å²) in [5.41, 5.74) is 8.32. The maximum absolute atomic E-state index is 11.7. The number of nitrogens with one attached hydrogen (secondary N) is 1. The van der Waals surface area contributed by atoms with Crippen LogP contribution in [0.25, 0.3) is 0 Å². The number of para-hydroxylation sites is 4. The molecule has 0 aromatic heterocycles. The van der Waals surface area contributed by atoms with Gasteiger partial charge in [0.1, 0.15) is 18.1 Å². The summed E-state index contributed by atoms with van der Waals surface area (Å²) in [5.74, 6) is 0.419. The fourth-order valence-corrected chi connectivity index (χ4v) is 4.29. The highest BCUT2D eigenvalue weighted by Gasteiger charge is 2.21. The number of ether oxygens (including phenoxy) is 2. The van der Waals surface area contributed by atoms with E-state index in [1.807, 2.05) is 36.4 Å². The van der Waals surface area contributed by atoms with Crippen molar-refractivity contribution >= 4 is 40.8 Å². The van der Waals surface area contributed by atoms with Crippen molar-refractivity contribution in [2.75, 3.05) is 38.2 Å². The zero-order chi connectivity index (χ0) is 36.9. The average molecular weight is 688 g/mol. The number of anilines is 1. The van der Waals surface area contributed by atoms with E-state index in [0.717, 1.165) is 16.2 Å². The number of nitrogens with zero attached hydrogens (tertiary/aromatic N) is 7. The predicted octanol–water partition coefficient (Wildman–Crippen LogP) is 5.64. The average Bonchev–Trinajstić information content (AvgIpc) is 3.27. The number of amidine groups is 1. The predicted molar refractivity (Wildman–Crippen MR) is 183 cm³/mol. The van der Waals surface area contributed by atoms with Crippen LogP contribution >= 0.6 is 0 Å². The Bertz CT molecular complexity index is 1740. The Labute approximate surface area is 288 Å². The minimum Gasteiger partial charge on any atom is -0.450 e. The van der Waals surface area contributed by atoms with Crippen LogP contribution in [0.2, 0.25) is 0 Å². The molecule has 0 unspecified atom stereocenters. The lowest BCUT2D eigenvalue weighted by Crippen LogP contribution is -2.37. The lowest BCUT2D eigenvalue weighted by atomic mass is 10.1. The summed E-state index contributed by atoms with van der Waals surface area (Å²) in [4.78, 5) is 50.7. The van der Waals surface area contributed by atoms with Crippen molar-refractivity contribution in [1.82, 2.24) is 9.80 Å². The number of nitriles is 2. The third-order valence-corrected chi connectivity index (χ3v) is 6.49.